The highest BCUT2D eigenvalue weighted by Gasteiger charge is 2.29. The Hall–Kier alpha value is -3.40. The number of carbonyl (C=O) groups excluding carboxylic acids is 1. The summed E-state index contributed by atoms with van der Waals surface area (Å²) in [4.78, 5) is 16.3. The maximum absolute atomic E-state index is 12.7. The molecule has 2 nitrogen and oxygen atoms in total. The molecule has 0 saturated carbocycles. The van der Waals surface area contributed by atoms with Crippen molar-refractivity contribution in [3.63, 3.8) is 0 Å². The van der Waals surface area contributed by atoms with Crippen LogP contribution in [-0.4, -0.2) is 11.6 Å². The van der Waals surface area contributed by atoms with E-state index in [0.29, 0.717) is 5.56 Å². The molecule has 0 fully saturated rings. The minimum absolute atomic E-state index is 0.258. The molecule has 0 N–H and O–H groups in total. The van der Waals surface area contributed by atoms with E-state index in [0.717, 1.165) is 4.90 Å². The molecule has 3 rings (SSSR count). The lowest BCUT2D eigenvalue weighted by Gasteiger charge is -2.18. The molecule has 0 heterocycles. The van der Waals surface area contributed by atoms with Crippen LogP contribution >= 0.6 is 0 Å². The number of rotatable bonds is 5. The van der Waals surface area contributed by atoms with Gasteiger partial charge in [-0.2, -0.15) is 0 Å². The standard InChI is InChI=1S/C27H23O2S/c1-4-20-27(3,21-5-2)29-26(28)22-16-18-25(19-17-22)30(23-12-8-6-9-13-23)24-14-10-7-11-15-24/h6-19H,1-3H3/q+1. The van der Waals surface area contributed by atoms with Gasteiger partial charge in [-0.15, -0.1) is 11.8 Å². The molecular formula is C27H23O2S+. The summed E-state index contributed by atoms with van der Waals surface area (Å²) in [5.74, 6) is 10.9. The van der Waals surface area contributed by atoms with Gasteiger partial charge < -0.3 is 4.74 Å². The minimum atomic E-state index is -1.11. The predicted molar refractivity (Wildman–Crippen MR) is 122 cm³/mol. The highest BCUT2D eigenvalue weighted by Crippen LogP contribution is 2.31. The minimum Gasteiger partial charge on any atom is -0.431 e. The average molecular weight is 412 g/mol. The third-order valence-electron chi connectivity index (χ3n) is 4.31. The summed E-state index contributed by atoms with van der Waals surface area (Å²) < 4.78 is 5.59. The van der Waals surface area contributed by atoms with Crippen LogP contribution in [-0.2, 0) is 15.6 Å². The number of hydrogen-bond acceptors (Lipinski definition) is 2. The van der Waals surface area contributed by atoms with Crippen molar-refractivity contribution in [1.29, 1.82) is 0 Å². The topological polar surface area (TPSA) is 26.3 Å². The van der Waals surface area contributed by atoms with E-state index in [4.69, 9.17) is 4.74 Å². The van der Waals surface area contributed by atoms with Crippen molar-refractivity contribution in [2.75, 3.05) is 0 Å². The third-order valence-corrected chi connectivity index (χ3v) is 6.54. The highest BCUT2D eigenvalue weighted by atomic mass is 32.2. The van der Waals surface area contributed by atoms with E-state index in [1.165, 1.54) is 9.79 Å². The van der Waals surface area contributed by atoms with Crippen LogP contribution in [0.2, 0.25) is 0 Å². The van der Waals surface area contributed by atoms with Crippen molar-refractivity contribution in [3.8, 4) is 23.7 Å². The first-order valence-electron chi connectivity index (χ1n) is 9.62. The summed E-state index contributed by atoms with van der Waals surface area (Å²) in [5.41, 5.74) is -0.636. The molecule has 0 amide bonds. The van der Waals surface area contributed by atoms with E-state index in [2.05, 4.69) is 47.9 Å². The Morgan fingerprint density at radius 2 is 1.17 bits per heavy atom. The Bertz CT molecular complexity index is 1050. The van der Waals surface area contributed by atoms with Crippen molar-refractivity contribution in [1.82, 2.24) is 0 Å². The van der Waals surface area contributed by atoms with Gasteiger partial charge in [0.2, 0.25) is 5.60 Å². The molecule has 0 aliphatic rings. The van der Waals surface area contributed by atoms with Crippen LogP contribution in [0.5, 0.6) is 0 Å². The molecule has 30 heavy (non-hydrogen) atoms. The van der Waals surface area contributed by atoms with Gasteiger partial charge in [-0.25, -0.2) is 4.79 Å². The Morgan fingerprint density at radius 1 is 0.733 bits per heavy atom. The van der Waals surface area contributed by atoms with Gasteiger partial charge in [0.15, 0.2) is 14.7 Å². The van der Waals surface area contributed by atoms with Crippen LogP contribution in [0, 0.1) is 23.7 Å². The van der Waals surface area contributed by atoms with E-state index in [1.807, 2.05) is 60.7 Å². The molecule has 0 saturated heterocycles. The maximum atomic E-state index is 12.7. The molecule has 3 aromatic carbocycles. The number of hydrogen-bond donors (Lipinski definition) is 0. The van der Waals surface area contributed by atoms with Gasteiger partial charge in [-0.3, -0.25) is 0 Å². The second-order valence-electron chi connectivity index (χ2n) is 6.63. The van der Waals surface area contributed by atoms with Gasteiger partial charge in [0.25, 0.3) is 0 Å². The summed E-state index contributed by atoms with van der Waals surface area (Å²) in [5, 5.41) is 0. The van der Waals surface area contributed by atoms with Gasteiger partial charge in [-0.1, -0.05) is 36.4 Å². The molecule has 0 radical (unpaired) electrons. The van der Waals surface area contributed by atoms with Crippen molar-refractivity contribution in [2.24, 2.45) is 0 Å². The van der Waals surface area contributed by atoms with Crippen LogP contribution in [0.25, 0.3) is 0 Å². The van der Waals surface area contributed by atoms with Crippen molar-refractivity contribution >= 4 is 16.9 Å². The normalized spacial score (nSPS) is 10.4. The van der Waals surface area contributed by atoms with E-state index in [9.17, 15) is 4.79 Å². The Labute approximate surface area is 181 Å². The first-order valence-corrected chi connectivity index (χ1v) is 10.8. The predicted octanol–water partition coefficient (Wildman–Crippen LogP) is 5.74. The Kier molecular flexibility index (Phi) is 7.02. The Balaban J connectivity index is 1.91. The SMILES string of the molecule is CC#CC(C)(C#CC)OC(=O)c1ccc([S+](c2ccccc2)c2ccccc2)cc1. The first kappa shape index (κ1) is 21.3. The van der Waals surface area contributed by atoms with Crippen LogP contribution in [0.4, 0.5) is 0 Å². The lowest BCUT2D eigenvalue weighted by molar-refractivity contribution is 0.0306. The maximum Gasteiger partial charge on any atom is 0.340 e. The summed E-state index contributed by atoms with van der Waals surface area (Å²) >= 11 is 0. The van der Waals surface area contributed by atoms with E-state index >= 15 is 0 Å². The third kappa shape index (κ3) is 5.15. The zero-order chi connectivity index (χ0) is 21.4. The zero-order valence-electron chi connectivity index (χ0n) is 17.3. The fourth-order valence-corrected chi connectivity index (χ4v) is 5.14. The highest BCUT2D eigenvalue weighted by molar-refractivity contribution is 7.97. The molecule has 0 bridgehead atoms. The van der Waals surface area contributed by atoms with Crippen LogP contribution in [0.3, 0.4) is 0 Å². The summed E-state index contributed by atoms with van der Waals surface area (Å²) in [6.45, 7) is 5.10. The van der Waals surface area contributed by atoms with Crippen molar-refractivity contribution < 1.29 is 9.53 Å². The van der Waals surface area contributed by atoms with Crippen LogP contribution in [0.1, 0.15) is 31.1 Å². The molecule has 0 unspecified atom stereocenters. The fraction of sp³-hybridized carbons (Fsp3) is 0.148. The molecule has 0 spiro atoms. The van der Waals surface area contributed by atoms with Gasteiger partial charge in [0, 0.05) is 0 Å². The summed E-state index contributed by atoms with van der Waals surface area (Å²) in [6.07, 6.45) is 0. The van der Waals surface area contributed by atoms with Gasteiger partial charge in [-0.05, 0) is 81.1 Å². The summed E-state index contributed by atoms with van der Waals surface area (Å²) in [6, 6.07) is 28.4. The molecular weight excluding hydrogens is 388 g/mol. The summed E-state index contributed by atoms with van der Waals surface area (Å²) in [7, 11) is -0.258. The molecule has 3 heteroatoms. The first-order chi connectivity index (χ1) is 14.6. The molecule has 0 aliphatic heterocycles. The molecule has 3 aromatic rings. The van der Waals surface area contributed by atoms with Crippen molar-refractivity contribution in [3.05, 3.63) is 90.5 Å². The average Bonchev–Trinajstić information content (AvgIpc) is 2.76. The largest absolute Gasteiger partial charge is 0.431 e. The zero-order valence-corrected chi connectivity index (χ0v) is 18.1. The van der Waals surface area contributed by atoms with Gasteiger partial charge in [0.1, 0.15) is 0 Å². The lowest BCUT2D eigenvalue weighted by Crippen LogP contribution is -2.28. The number of esters is 1. The second-order valence-corrected chi connectivity index (χ2v) is 8.66. The van der Waals surface area contributed by atoms with Crippen LogP contribution in [0.15, 0.2) is 99.6 Å². The Morgan fingerprint density at radius 3 is 1.60 bits per heavy atom. The van der Waals surface area contributed by atoms with E-state index in [-0.39, 0.29) is 10.9 Å². The van der Waals surface area contributed by atoms with Gasteiger partial charge in [0.05, 0.1) is 16.5 Å². The molecule has 0 aliphatic carbocycles. The second kappa shape index (κ2) is 9.88. The lowest BCUT2D eigenvalue weighted by atomic mass is 10.1. The number of ether oxygens (including phenoxy) is 1. The molecule has 0 atom stereocenters. The molecule has 0 aromatic heterocycles. The molecule has 148 valence electrons. The van der Waals surface area contributed by atoms with Crippen molar-refractivity contribution in [2.45, 2.75) is 41.1 Å². The quantitative estimate of drug-likeness (QED) is 0.304. The fourth-order valence-electron chi connectivity index (χ4n) is 3.05. The van der Waals surface area contributed by atoms with E-state index in [1.54, 1.807) is 20.8 Å². The monoisotopic (exact) mass is 411 g/mol. The smallest absolute Gasteiger partial charge is 0.340 e. The van der Waals surface area contributed by atoms with Crippen LogP contribution < -0.4 is 0 Å². The number of carbonyl (C=O) groups is 1. The van der Waals surface area contributed by atoms with Gasteiger partial charge >= 0.3 is 5.97 Å². The van der Waals surface area contributed by atoms with E-state index < -0.39 is 11.6 Å². The number of benzene rings is 3.